The van der Waals surface area contributed by atoms with Gasteiger partial charge in [-0.3, -0.25) is 0 Å². The topological polar surface area (TPSA) is 94.3 Å². The summed E-state index contributed by atoms with van der Waals surface area (Å²) in [5, 5.41) is 7.05. The van der Waals surface area contributed by atoms with Gasteiger partial charge in [0.2, 0.25) is 6.79 Å². The van der Waals surface area contributed by atoms with Crippen LogP contribution in [0.5, 0.6) is 11.5 Å². The van der Waals surface area contributed by atoms with Gasteiger partial charge in [0.05, 0.1) is 0 Å². The second kappa shape index (κ2) is 6.97. The first-order chi connectivity index (χ1) is 12.7. The normalized spacial score (nSPS) is 12.0. The van der Waals surface area contributed by atoms with Gasteiger partial charge in [-0.05, 0) is 42.0 Å². The van der Waals surface area contributed by atoms with Crippen molar-refractivity contribution in [2.24, 2.45) is 0 Å². The number of fused-ring (bicyclic) bond motifs is 1. The molecule has 0 amide bonds. The Hall–Kier alpha value is -3.19. The maximum Gasteiger partial charge on any atom is 0.231 e. The maximum atomic E-state index is 6.19. The Labute approximate surface area is 155 Å². The van der Waals surface area contributed by atoms with Crippen LogP contribution < -0.4 is 25.8 Å². The first kappa shape index (κ1) is 16.3. The molecular weight excluding hydrogens is 354 g/mol. The molecule has 0 bridgehead atoms. The number of nitrogen functional groups attached to an aromatic ring is 1. The molecule has 2 aromatic carbocycles. The van der Waals surface area contributed by atoms with Gasteiger partial charge in [-0.2, -0.15) is 0 Å². The van der Waals surface area contributed by atoms with Crippen molar-refractivity contribution in [2.75, 3.05) is 23.2 Å². The van der Waals surface area contributed by atoms with Crippen molar-refractivity contribution in [3.8, 4) is 11.5 Å². The van der Waals surface area contributed by atoms with Crippen molar-refractivity contribution >= 4 is 34.6 Å². The van der Waals surface area contributed by atoms with Crippen LogP contribution in [-0.4, -0.2) is 16.8 Å². The Kier molecular flexibility index (Phi) is 4.37. The minimum atomic E-state index is 0.255. The number of nitrogens with zero attached hydrogens (tertiary/aromatic N) is 2. The zero-order chi connectivity index (χ0) is 17.9. The van der Waals surface area contributed by atoms with Gasteiger partial charge in [-0.25, -0.2) is 9.97 Å². The zero-order valence-corrected chi connectivity index (χ0v) is 14.5. The predicted octanol–water partition coefficient (Wildman–Crippen LogP) is 3.80. The summed E-state index contributed by atoms with van der Waals surface area (Å²) in [4.78, 5) is 8.42. The molecule has 0 spiro atoms. The van der Waals surface area contributed by atoms with Gasteiger partial charge in [0.15, 0.2) is 23.1 Å². The molecular formula is C18H16ClN5O2. The lowest BCUT2D eigenvalue weighted by Crippen LogP contribution is -2.08. The van der Waals surface area contributed by atoms with E-state index < -0.39 is 0 Å². The van der Waals surface area contributed by atoms with Crippen LogP contribution in [0.1, 0.15) is 5.56 Å². The molecule has 132 valence electrons. The fourth-order valence-corrected chi connectivity index (χ4v) is 2.67. The highest BCUT2D eigenvalue weighted by Crippen LogP contribution is 2.33. The van der Waals surface area contributed by atoms with Crippen LogP contribution in [-0.2, 0) is 6.54 Å². The van der Waals surface area contributed by atoms with E-state index in [0.29, 0.717) is 28.9 Å². The minimum absolute atomic E-state index is 0.255. The van der Waals surface area contributed by atoms with E-state index in [2.05, 4.69) is 20.6 Å². The van der Waals surface area contributed by atoms with E-state index >= 15 is 0 Å². The summed E-state index contributed by atoms with van der Waals surface area (Å²) < 4.78 is 10.7. The molecule has 8 heteroatoms. The van der Waals surface area contributed by atoms with E-state index in [0.717, 1.165) is 22.7 Å². The zero-order valence-electron chi connectivity index (χ0n) is 13.7. The van der Waals surface area contributed by atoms with E-state index in [9.17, 15) is 0 Å². The number of hydrogen-bond acceptors (Lipinski definition) is 7. The highest BCUT2D eigenvalue weighted by molar-refractivity contribution is 6.30. The van der Waals surface area contributed by atoms with Crippen LogP contribution in [0.2, 0.25) is 5.02 Å². The molecule has 4 N–H and O–H groups in total. The lowest BCUT2D eigenvalue weighted by Gasteiger charge is -2.13. The Bertz CT molecular complexity index is 933. The number of rotatable bonds is 5. The smallest absolute Gasteiger partial charge is 0.231 e. The summed E-state index contributed by atoms with van der Waals surface area (Å²) in [5.41, 5.74) is 8.49. The molecule has 7 nitrogen and oxygen atoms in total. The number of ether oxygens (including phenoxy) is 2. The molecule has 2 heterocycles. The summed E-state index contributed by atoms with van der Waals surface area (Å²) in [7, 11) is 0. The Morgan fingerprint density at radius 3 is 2.62 bits per heavy atom. The second-order valence-corrected chi connectivity index (χ2v) is 6.09. The van der Waals surface area contributed by atoms with Crippen molar-refractivity contribution in [1.82, 2.24) is 9.97 Å². The van der Waals surface area contributed by atoms with Gasteiger partial charge in [-0.1, -0.05) is 17.7 Å². The van der Waals surface area contributed by atoms with Gasteiger partial charge in [0.1, 0.15) is 12.0 Å². The standard InChI is InChI=1S/C18H16ClN5O2/c19-12-2-4-13(5-3-12)24-18-16(20)17(22-9-23-18)21-8-11-1-6-14-15(7-11)26-10-25-14/h1-7,9H,8,10,20H2,(H2,21,22,23,24). The number of benzene rings is 2. The molecule has 0 atom stereocenters. The highest BCUT2D eigenvalue weighted by Gasteiger charge is 2.14. The first-order valence-corrected chi connectivity index (χ1v) is 8.32. The summed E-state index contributed by atoms with van der Waals surface area (Å²) in [5.74, 6) is 2.57. The third kappa shape index (κ3) is 3.43. The van der Waals surface area contributed by atoms with Gasteiger partial charge in [-0.15, -0.1) is 0 Å². The SMILES string of the molecule is Nc1c(NCc2ccc3c(c2)OCO3)ncnc1Nc1ccc(Cl)cc1. The van der Waals surface area contributed by atoms with Crippen molar-refractivity contribution in [3.05, 3.63) is 59.4 Å². The Morgan fingerprint density at radius 1 is 1.00 bits per heavy atom. The average molecular weight is 370 g/mol. The largest absolute Gasteiger partial charge is 0.454 e. The summed E-state index contributed by atoms with van der Waals surface area (Å²) in [6.45, 7) is 0.795. The van der Waals surface area contributed by atoms with Crippen LogP contribution >= 0.6 is 11.6 Å². The number of aromatic nitrogens is 2. The number of hydrogen-bond donors (Lipinski definition) is 3. The molecule has 3 aromatic rings. The number of nitrogens with two attached hydrogens (primary N) is 1. The number of nitrogens with one attached hydrogen (secondary N) is 2. The van der Waals surface area contributed by atoms with Crippen LogP contribution in [0.15, 0.2) is 48.8 Å². The molecule has 0 saturated heterocycles. The van der Waals surface area contributed by atoms with Crippen molar-refractivity contribution in [1.29, 1.82) is 0 Å². The number of halogens is 1. The van der Waals surface area contributed by atoms with Crippen LogP contribution in [0.25, 0.3) is 0 Å². The monoisotopic (exact) mass is 369 g/mol. The van der Waals surface area contributed by atoms with Crippen LogP contribution in [0.3, 0.4) is 0 Å². The van der Waals surface area contributed by atoms with Crippen molar-refractivity contribution < 1.29 is 9.47 Å². The molecule has 4 rings (SSSR count). The predicted molar refractivity (Wildman–Crippen MR) is 101 cm³/mol. The molecule has 1 aliphatic heterocycles. The van der Waals surface area contributed by atoms with Gasteiger partial charge in [0.25, 0.3) is 0 Å². The lowest BCUT2D eigenvalue weighted by molar-refractivity contribution is 0.174. The fraction of sp³-hybridized carbons (Fsp3) is 0.111. The minimum Gasteiger partial charge on any atom is -0.454 e. The third-order valence-electron chi connectivity index (χ3n) is 3.89. The first-order valence-electron chi connectivity index (χ1n) is 7.94. The van der Waals surface area contributed by atoms with Gasteiger partial charge < -0.3 is 25.8 Å². The number of anilines is 4. The molecule has 0 aliphatic carbocycles. The Balaban J connectivity index is 1.47. The summed E-state index contributed by atoms with van der Waals surface area (Å²) >= 11 is 5.90. The molecule has 0 radical (unpaired) electrons. The summed E-state index contributed by atoms with van der Waals surface area (Å²) in [6.07, 6.45) is 1.45. The maximum absolute atomic E-state index is 6.19. The molecule has 26 heavy (non-hydrogen) atoms. The van der Waals surface area contributed by atoms with E-state index in [1.54, 1.807) is 12.1 Å². The van der Waals surface area contributed by atoms with E-state index in [1.165, 1.54) is 6.33 Å². The van der Waals surface area contributed by atoms with Crippen LogP contribution in [0, 0.1) is 0 Å². The molecule has 0 saturated carbocycles. The van der Waals surface area contributed by atoms with Gasteiger partial charge in [0, 0.05) is 17.3 Å². The van der Waals surface area contributed by atoms with E-state index in [-0.39, 0.29) is 6.79 Å². The van der Waals surface area contributed by atoms with Crippen molar-refractivity contribution in [3.63, 3.8) is 0 Å². The lowest BCUT2D eigenvalue weighted by atomic mass is 10.2. The van der Waals surface area contributed by atoms with Gasteiger partial charge >= 0.3 is 0 Å². The van der Waals surface area contributed by atoms with E-state index in [4.69, 9.17) is 26.8 Å². The van der Waals surface area contributed by atoms with E-state index in [1.807, 2.05) is 30.3 Å². The van der Waals surface area contributed by atoms with Crippen molar-refractivity contribution in [2.45, 2.75) is 6.54 Å². The van der Waals surface area contributed by atoms with Crippen LogP contribution in [0.4, 0.5) is 23.0 Å². The fourth-order valence-electron chi connectivity index (χ4n) is 2.54. The average Bonchev–Trinajstić information content (AvgIpc) is 3.12. The molecule has 0 unspecified atom stereocenters. The molecule has 1 aromatic heterocycles. The molecule has 0 fully saturated rings. The second-order valence-electron chi connectivity index (χ2n) is 5.66. The summed E-state index contributed by atoms with van der Waals surface area (Å²) in [6, 6.07) is 13.1. The third-order valence-corrected chi connectivity index (χ3v) is 4.14. The molecule has 1 aliphatic rings. The Morgan fingerprint density at radius 2 is 1.77 bits per heavy atom. The highest BCUT2D eigenvalue weighted by atomic mass is 35.5. The quantitative estimate of drug-likeness (QED) is 0.629.